The van der Waals surface area contributed by atoms with Crippen LogP contribution in [0.25, 0.3) is 11.5 Å². The molecule has 3 aromatic rings. The molecule has 1 saturated heterocycles. The van der Waals surface area contributed by atoms with Crippen molar-refractivity contribution in [3.63, 3.8) is 0 Å². The van der Waals surface area contributed by atoms with Crippen molar-refractivity contribution in [2.24, 2.45) is 5.92 Å². The van der Waals surface area contributed by atoms with E-state index in [-0.39, 0.29) is 5.43 Å². The lowest BCUT2D eigenvalue weighted by atomic mass is 9.99. The number of aromatic nitrogens is 2. The van der Waals surface area contributed by atoms with Crippen LogP contribution in [-0.4, -0.2) is 34.8 Å². The Kier molecular flexibility index (Phi) is 5.33. The molecule has 5 rings (SSSR count). The first kappa shape index (κ1) is 19.0. The number of rotatable bonds is 6. The third-order valence-electron chi connectivity index (χ3n) is 5.77. The molecule has 8 nitrogen and oxygen atoms in total. The van der Waals surface area contributed by atoms with Crippen LogP contribution in [-0.2, 0) is 19.6 Å². The molecular weight excluding hydrogens is 384 g/mol. The first-order valence-electron chi connectivity index (χ1n) is 10.3. The highest BCUT2D eigenvalue weighted by Crippen LogP contribution is 2.28. The van der Waals surface area contributed by atoms with Gasteiger partial charge in [-0.15, -0.1) is 10.2 Å². The zero-order valence-electron chi connectivity index (χ0n) is 16.7. The standard InChI is InChI=1S/C22H24N4O4/c27-20-8-19(28-13-21(20)29-12-15-3-5-23-6-4-15)11-26-9-17-2-1-16(7-18(17)10-26)22-25-24-14-30-22/h1-2,7-8,13-15,23H,3-6,9-12H2. The molecule has 0 aliphatic carbocycles. The first-order valence-corrected chi connectivity index (χ1v) is 10.3. The van der Waals surface area contributed by atoms with Gasteiger partial charge in [0.15, 0.2) is 0 Å². The van der Waals surface area contributed by atoms with Crippen LogP contribution in [0.3, 0.4) is 0 Å². The van der Waals surface area contributed by atoms with Crippen LogP contribution < -0.4 is 15.5 Å². The van der Waals surface area contributed by atoms with Gasteiger partial charge in [-0.25, -0.2) is 0 Å². The highest BCUT2D eigenvalue weighted by Gasteiger charge is 2.21. The molecule has 1 N–H and O–H groups in total. The van der Waals surface area contributed by atoms with Crippen molar-refractivity contribution in [2.45, 2.75) is 32.5 Å². The number of nitrogens with zero attached hydrogens (tertiary/aromatic N) is 3. The predicted molar refractivity (Wildman–Crippen MR) is 109 cm³/mol. The van der Waals surface area contributed by atoms with E-state index >= 15 is 0 Å². The van der Waals surface area contributed by atoms with Crippen molar-refractivity contribution >= 4 is 0 Å². The third kappa shape index (κ3) is 4.15. The highest BCUT2D eigenvalue weighted by atomic mass is 16.5. The van der Waals surface area contributed by atoms with Gasteiger partial charge in [-0.1, -0.05) is 6.07 Å². The Hall–Kier alpha value is -2.97. The van der Waals surface area contributed by atoms with Crippen molar-refractivity contribution in [3.05, 3.63) is 64.0 Å². The summed E-state index contributed by atoms with van der Waals surface area (Å²) < 4.78 is 16.7. The molecule has 8 heteroatoms. The second-order valence-electron chi connectivity index (χ2n) is 7.95. The number of piperidine rings is 1. The zero-order chi connectivity index (χ0) is 20.3. The monoisotopic (exact) mass is 408 g/mol. The van der Waals surface area contributed by atoms with Crippen LogP contribution in [0, 0.1) is 5.92 Å². The van der Waals surface area contributed by atoms with Crippen molar-refractivity contribution in [1.82, 2.24) is 20.4 Å². The summed E-state index contributed by atoms with van der Waals surface area (Å²) in [5.41, 5.74) is 3.26. The van der Waals surface area contributed by atoms with Gasteiger partial charge in [0.2, 0.25) is 23.5 Å². The number of ether oxygens (including phenoxy) is 1. The van der Waals surface area contributed by atoms with E-state index in [1.54, 1.807) is 6.07 Å². The molecule has 4 heterocycles. The van der Waals surface area contributed by atoms with Crippen molar-refractivity contribution in [1.29, 1.82) is 0 Å². The Balaban J connectivity index is 1.20. The molecule has 2 aliphatic rings. The normalized spacial score (nSPS) is 17.2. The SMILES string of the molecule is O=c1cc(CN2Cc3ccc(-c4nnco4)cc3C2)occ1OCC1CCNCC1. The van der Waals surface area contributed by atoms with E-state index in [4.69, 9.17) is 13.6 Å². The van der Waals surface area contributed by atoms with Gasteiger partial charge < -0.3 is 18.9 Å². The third-order valence-corrected chi connectivity index (χ3v) is 5.77. The van der Waals surface area contributed by atoms with Crippen LogP contribution in [0.4, 0.5) is 0 Å². The summed E-state index contributed by atoms with van der Waals surface area (Å²) in [4.78, 5) is 14.7. The summed E-state index contributed by atoms with van der Waals surface area (Å²) in [6, 6.07) is 7.70. The van der Waals surface area contributed by atoms with Gasteiger partial charge in [-0.3, -0.25) is 9.69 Å². The fourth-order valence-corrected chi connectivity index (χ4v) is 4.11. The van der Waals surface area contributed by atoms with Crippen LogP contribution >= 0.6 is 0 Å². The molecule has 1 fully saturated rings. The van der Waals surface area contributed by atoms with Crippen LogP contribution in [0.15, 0.2) is 50.6 Å². The minimum Gasteiger partial charge on any atom is -0.486 e. The topological polar surface area (TPSA) is 93.6 Å². The van der Waals surface area contributed by atoms with E-state index < -0.39 is 0 Å². The second-order valence-corrected chi connectivity index (χ2v) is 7.95. The maximum Gasteiger partial charge on any atom is 0.247 e. The molecule has 156 valence electrons. The summed E-state index contributed by atoms with van der Waals surface area (Å²) in [5.74, 6) is 1.94. The Morgan fingerprint density at radius 3 is 2.80 bits per heavy atom. The number of fused-ring (bicyclic) bond motifs is 1. The predicted octanol–water partition coefficient (Wildman–Crippen LogP) is 2.58. The smallest absolute Gasteiger partial charge is 0.247 e. The van der Waals surface area contributed by atoms with E-state index in [0.29, 0.717) is 36.5 Å². The fraction of sp³-hybridized carbons (Fsp3) is 0.409. The summed E-state index contributed by atoms with van der Waals surface area (Å²) in [7, 11) is 0. The molecule has 2 aromatic heterocycles. The van der Waals surface area contributed by atoms with Crippen molar-refractivity contribution in [3.8, 4) is 17.2 Å². The van der Waals surface area contributed by atoms with Gasteiger partial charge in [0.25, 0.3) is 0 Å². The number of hydrogen-bond acceptors (Lipinski definition) is 8. The molecular formula is C22H24N4O4. The summed E-state index contributed by atoms with van der Waals surface area (Å²) in [6.07, 6.45) is 4.94. The molecule has 1 aromatic carbocycles. The average molecular weight is 408 g/mol. The minimum atomic E-state index is -0.124. The van der Waals surface area contributed by atoms with Crippen molar-refractivity contribution in [2.75, 3.05) is 19.7 Å². The largest absolute Gasteiger partial charge is 0.486 e. The molecule has 0 amide bonds. The molecule has 2 aliphatic heterocycles. The summed E-state index contributed by atoms with van der Waals surface area (Å²) in [6.45, 7) is 4.72. The maximum absolute atomic E-state index is 12.4. The van der Waals surface area contributed by atoms with Crippen molar-refractivity contribution < 1.29 is 13.6 Å². The number of nitrogens with one attached hydrogen (secondary N) is 1. The van der Waals surface area contributed by atoms with Gasteiger partial charge >= 0.3 is 0 Å². The number of hydrogen-bond donors (Lipinski definition) is 1. The molecule has 0 atom stereocenters. The van der Waals surface area contributed by atoms with E-state index in [2.05, 4.69) is 32.5 Å². The molecule has 0 unspecified atom stereocenters. The molecule has 30 heavy (non-hydrogen) atoms. The maximum atomic E-state index is 12.4. The Morgan fingerprint density at radius 1 is 1.13 bits per heavy atom. The Bertz CT molecular complexity index is 1060. The Labute approximate surface area is 173 Å². The first-order chi connectivity index (χ1) is 14.7. The lowest BCUT2D eigenvalue weighted by molar-refractivity contribution is 0.205. The molecule has 0 spiro atoms. The minimum absolute atomic E-state index is 0.124. The lowest BCUT2D eigenvalue weighted by Gasteiger charge is -2.22. The van der Waals surface area contributed by atoms with E-state index in [1.165, 1.54) is 23.8 Å². The van der Waals surface area contributed by atoms with E-state index in [9.17, 15) is 4.79 Å². The van der Waals surface area contributed by atoms with Gasteiger partial charge in [0.05, 0.1) is 13.2 Å². The van der Waals surface area contributed by atoms with E-state index in [0.717, 1.165) is 44.6 Å². The quantitative estimate of drug-likeness (QED) is 0.665. The zero-order valence-corrected chi connectivity index (χ0v) is 16.7. The molecule has 0 bridgehead atoms. The molecule has 0 saturated carbocycles. The van der Waals surface area contributed by atoms with Crippen LogP contribution in [0.1, 0.15) is 29.7 Å². The average Bonchev–Trinajstić information content (AvgIpc) is 3.43. The van der Waals surface area contributed by atoms with E-state index in [1.807, 2.05) is 6.07 Å². The Morgan fingerprint density at radius 2 is 2.00 bits per heavy atom. The fourth-order valence-electron chi connectivity index (χ4n) is 4.11. The summed E-state index contributed by atoms with van der Waals surface area (Å²) in [5, 5.41) is 11.0. The lowest BCUT2D eigenvalue weighted by Crippen LogP contribution is -2.31. The highest BCUT2D eigenvalue weighted by molar-refractivity contribution is 5.56. The van der Waals surface area contributed by atoms with Gasteiger partial charge in [0.1, 0.15) is 12.0 Å². The van der Waals surface area contributed by atoms with Crippen LogP contribution in [0.5, 0.6) is 5.75 Å². The van der Waals surface area contributed by atoms with Gasteiger partial charge in [-0.2, -0.15) is 0 Å². The molecule has 0 radical (unpaired) electrons. The van der Waals surface area contributed by atoms with Gasteiger partial charge in [-0.05, 0) is 55.1 Å². The van der Waals surface area contributed by atoms with Crippen LogP contribution in [0.2, 0.25) is 0 Å². The number of benzene rings is 1. The second kappa shape index (κ2) is 8.41. The van der Waals surface area contributed by atoms with Gasteiger partial charge in [0, 0.05) is 24.7 Å². The summed E-state index contributed by atoms with van der Waals surface area (Å²) >= 11 is 0.